The summed E-state index contributed by atoms with van der Waals surface area (Å²) in [7, 11) is 1.51. The molecule has 10 heteroatoms. The lowest BCUT2D eigenvalue weighted by Gasteiger charge is -2.40. The highest BCUT2D eigenvalue weighted by molar-refractivity contribution is 4.92. The second-order valence-corrected chi connectivity index (χ2v) is 8.01. The van der Waals surface area contributed by atoms with Crippen molar-refractivity contribution in [1.29, 1.82) is 0 Å². The number of aliphatic hydroxyl groups excluding tert-OH is 2. The number of rotatable bonds is 14. The van der Waals surface area contributed by atoms with Gasteiger partial charge in [0.1, 0.15) is 17.9 Å². The fourth-order valence-corrected chi connectivity index (χ4v) is 3.10. The molecule has 174 valence electrons. The lowest BCUT2D eigenvalue weighted by atomic mass is 9.92. The molecule has 1 aromatic rings. The van der Waals surface area contributed by atoms with Crippen LogP contribution in [0.15, 0.2) is 6.20 Å². The molecule has 1 aliphatic heterocycles. The first-order valence-electron chi connectivity index (χ1n) is 10.6. The van der Waals surface area contributed by atoms with Crippen molar-refractivity contribution in [2.75, 3.05) is 40.1 Å². The Morgan fingerprint density at radius 3 is 2.40 bits per heavy atom. The summed E-state index contributed by atoms with van der Waals surface area (Å²) in [4.78, 5) is 0. The molecule has 1 fully saturated rings. The van der Waals surface area contributed by atoms with Gasteiger partial charge in [-0.3, -0.25) is 0 Å². The monoisotopic (exact) mass is 431 g/mol. The number of hydrogen-bond donors (Lipinski definition) is 2. The van der Waals surface area contributed by atoms with Crippen LogP contribution in [0.3, 0.4) is 0 Å². The predicted octanol–water partition coefficient (Wildman–Crippen LogP) is 0.603. The van der Waals surface area contributed by atoms with Crippen molar-refractivity contribution in [3.63, 3.8) is 0 Å². The summed E-state index contributed by atoms with van der Waals surface area (Å²) in [6.45, 7) is 9.51. The van der Waals surface area contributed by atoms with E-state index in [1.165, 1.54) is 7.11 Å². The molecule has 1 aromatic heterocycles. The van der Waals surface area contributed by atoms with Crippen molar-refractivity contribution >= 4 is 0 Å². The average molecular weight is 432 g/mol. The molecule has 0 aliphatic carbocycles. The topological polar surface area (TPSA) is 117 Å². The van der Waals surface area contributed by atoms with Gasteiger partial charge < -0.3 is 33.9 Å². The molecule has 1 aliphatic rings. The van der Waals surface area contributed by atoms with Gasteiger partial charge in [0.05, 0.1) is 51.9 Å². The number of aromatic nitrogens is 3. The number of aliphatic hydroxyl groups is 2. The average Bonchev–Trinajstić information content (AvgIpc) is 3.16. The van der Waals surface area contributed by atoms with Crippen molar-refractivity contribution in [3.05, 3.63) is 11.9 Å². The minimum Gasteiger partial charge on any atom is -0.390 e. The lowest BCUT2D eigenvalue weighted by Crippen LogP contribution is -2.55. The highest BCUT2D eigenvalue weighted by Crippen LogP contribution is 2.27. The summed E-state index contributed by atoms with van der Waals surface area (Å²) in [5.74, 6) is 0.324. The van der Waals surface area contributed by atoms with Crippen LogP contribution in [-0.2, 0) is 36.8 Å². The van der Waals surface area contributed by atoms with Gasteiger partial charge in [-0.25, -0.2) is 4.68 Å². The Morgan fingerprint density at radius 2 is 1.73 bits per heavy atom. The van der Waals surface area contributed by atoms with E-state index in [2.05, 4.69) is 24.2 Å². The van der Waals surface area contributed by atoms with E-state index >= 15 is 0 Å². The van der Waals surface area contributed by atoms with E-state index in [9.17, 15) is 10.2 Å². The van der Waals surface area contributed by atoms with Crippen molar-refractivity contribution in [1.82, 2.24) is 15.0 Å². The van der Waals surface area contributed by atoms with Crippen LogP contribution in [0.4, 0.5) is 0 Å². The Bertz CT molecular complexity index is 585. The van der Waals surface area contributed by atoms with Gasteiger partial charge in [-0.2, -0.15) is 0 Å². The summed E-state index contributed by atoms with van der Waals surface area (Å²) < 4.78 is 29.0. The summed E-state index contributed by atoms with van der Waals surface area (Å²) >= 11 is 0. The standard InChI is InChI=1S/C20H37N3O7/c1-14(2)5-6-27-7-8-28-9-10-29-13-16-11-23(22-21-16)12-17-19(25)18(24)15(3)20(26-4)30-17/h11,14-15,17-20,24-25H,5-10,12-13H2,1-4H3. The highest BCUT2D eigenvalue weighted by atomic mass is 16.7. The zero-order chi connectivity index (χ0) is 21.9. The molecule has 30 heavy (non-hydrogen) atoms. The molecule has 0 radical (unpaired) electrons. The quantitative estimate of drug-likeness (QED) is 0.408. The molecule has 10 nitrogen and oxygen atoms in total. The maximum atomic E-state index is 10.3. The van der Waals surface area contributed by atoms with Gasteiger partial charge in [0, 0.05) is 19.6 Å². The molecule has 0 bridgehead atoms. The third-order valence-corrected chi connectivity index (χ3v) is 5.03. The van der Waals surface area contributed by atoms with Gasteiger partial charge in [0.15, 0.2) is 6.29 Å². The van der Waals surface area contributed by atoms with E-state index in [1.807, 2.05) is 0 Å². The summed E-state index contributed by atoms with van der Waals surface area (Å²) in [6.07, 6.45) is -0.399. The summed E-state index contributed by atoms with van der Waals surface area (Å²) in [5, 5.41) is 28.5. The SMILES string of the molecule is COC1OC(Cn2cc(COCCOCCOCCC(C)C)nn2)C(O)C(O)C1C. The van der Waals surface area contributed by atoms with Crippen LogP contribution >= 0.6 is 0 Å². The number of ether oxygens (including phenoxy) is 5. The second kappa shape index (κ2) is 13.3. The van der Waals surface area contributed by atoms with Crippen molar-refractivity contribution in [3.8, 4) is 0 Å². The van der Waals surface area contributed by atoms with E-state index in [4.69, 9.17) is 23.7 Å². The highest BCUT2D eigenvalue weighted by Gasteiger charge is 2.42. The molecule has 0 saturated carbocycles. The molecule has 2 heterocycles. The molecular weight excluding hydrogens is 394 g/mol. The Morgan fingerprint density at radius 1 is 1.07 bits per heavy atom. The van der Waals surface area contributed by atoms with Crippen LogP contribution in [0.5, 0.6) is 0 Å². The molecule has 0 amide bonds. The first-order chi connectivity index (χ1) is 14.4. The largest absolute Gasteiger partial charge is 0.390 e. The molecule has 0 aromatic carbocycles. The van der Waals surface area contributed by atoms with Gasteiger partial charge >= 0.3 is 0 Å². The van der Waals surface area contributed by atoms with E-state index in [0.29, 0.717) is 44.6 Å². The number of methoxy groups -OCH3 is 1. The van der Waals surface area contributed by atoms with E-state index in [0.717, 1.165) is 13.0 Å². The molecule has 1 saturated heterocycles. The Labute approximate surface area is 178 Å². The molecule has 2 N–H and O–H groups in total. The lowest BCUT2D eigenvalue weighted by molar-refractivity contribution is -0.272. The van der Waals surface area contributed by atoms with Crippen molar-refractivity contribution in [2.45, 2.75) is 64.9 Å². The first-order valence-corrected chi connectivity index (χ1v) is 10.6. The first kappa shape index (κ1) is 25.1. The van der Waals surface area contributed by atoms with E-state index in [1.54, 1.807) is 17.8 Å². The van der Waals surface area contributed by atoms with E-state index < -0.39 is 24.6 Å². The minimum absolute atomic E-state index is 0.248. The molecular formula is C20H37N3O7. The zero-order valence-corrected chi connectivity index (χ0v) is 18.5. The summed E-state index contributed by atoms with van der Waals surface area (Å²) in [6, 6.07) is 0. The second-order valence-electron chi connectivity index (χ2n) is 8.01. The van der Waals surface area contributed by atoms with Gasteiger partial charge in [0.25, 0.3) is 0 Å². The van der Waals surface area contributed by atoms with Crippen LogP contribution in [0.2, 0.25) is 0 Å². The molecule has 5 atom stereocenters. The van der Waals surface area contributed by atoms with E-state index in [-0.39, 0.29) is 12.5 Å². The van der Waals surface area contributed by atoms with Crippen LogP contribution in [0.25, 0.3) is 0 Å². The van der Waals surface area contributed by atoms with Gasteiger partial charge in [-0.05, 0) is 12.3 Å². The normalized spacial score (nSPS) is 27.1. The third kappa shape index (κ3) is 8.18. The van der Waals surface area contributed by atoms with Crippen LogP contribution in [0.1, 0.15) is 32.9 Å². The van der Waals surface area contributed by atoms with Gasteiger partial charge in [-0.1, -0.05) is 26.0 Å². The third-order valence-electron chi connectivity index (χ3n) is 5.03. The zero-order valence-electron chi connectivity index (χ0n) is 18.5. The fraction of sp³-hybridized carbons (Fsp3) is 0.900. The Balaban J connectivity index is 1.60. The minimum atomic E-state index is -1.03. The molecule has 2 rings (SSSR count). The predicted molar refractivity (Wildman–Crippen MR) is 108 cm³/mol. The van der Waals surface area contributed by atoms with Crippen LogP contribution in [-0.4, -0.2) is 90.0 Å². The maximum absolute atomic E-state index is 10.3. The fourth-order valence-electron chi connectivity index (χ4n) is 3.10. The van der Waals surface area contributed by atoms with Gasteiger partial charge in [-0.15, -0.1) is 5.10 Å². The molecule has 0 spiro atoms. The number of nitrogens with zero attached hydrogens (tertiary/aromatic N) is 3. The van der Waals surface area contributed by atoms with Gasteiger partial charge in [0.2, 0.25) is 0 Å². The van der Waals surface area contributed by atoms with Crippen molar-refractivity contribution in [2.24, 2.45) is 11.8 Å². The number of hydrogen-bond acceptors (Lipinski definition) is 9. The van der Waals surface area contributed by atoms with Crippen molar-refractivity contribution < 1.29 is 33.9 Å². The summed E-state index contributed by atoms with van der Waals surface area (Å²) in [5.41, 5.74) is 0.662. The van der Waals surface area contributed by atoms with Crippen LogP contribution < -0.4 is 0 Å². The van der Waals surface area contributed by atoms with Crippen LogP contribution in [0, 0.1) is 11.8 Å². The Kier molecular flexibility index (Phi) is 11.1. The Hall–Kier alpha value is -1.14. The maximum Gasteiger partial charge on any atom is 0.162 e. The molecule has 5 unspecified atom stereocenters. The smallest absolute Gasteiger partial charge is 0.162 e.